The summed E-state index contributed by atoms with van der Waals surface area (Å²) in [6.45, 7) is 0. The third-order valence-electron chi connectivity index (χ3n) is 7.94. The second-order valence-corrected chi connectivity index (χ2v) is 11.8. The summed E-state index contributed by atoms with van der Waals surface area (Å²) in [6.07, 6.45) is 0. The summed E-state index contributed by atoms with van der Waals surface area (Å²) in [5.41, 5.74) is 10.8. The molecule has 0 radical (unpaired) electrons. The Balaban J connectivity index is 1.17. The highest BCUT2D eigenvalue weighted by atomic mass is 32.2. The maximum absolute atomic E-state index is 6.13. The minimum atomic E-state index is 0.611. The predicted octanol–water partition coefficient (Wildman–Crippen LogP) is 10.9. The summed E-state index contributed by atoms with van der Waals surface area (Å²) < 4.78 is 12.3. The Labute approximate surface area is 257 Å². The van der Waals surface area contributed by atoms with Crippen molar-refractivity contribution in [1.82, 2.24) is 9.97 Å². The van der Waals surface area contributed by atoms with Gasteiger partial charge in [0.15, 0.2) is 11.2 Å². The van der Waals surface area contributed by atoms with Crippen molar-refractivity contribution in [3.05, 3.63) is 140 Å². The van der Waals surface area contributed by atoms with Crippen molar-refractivity contribution in [3.8, 4) is 34.0 Å². The lowest BCUT2D eigenvalue weighted by atomic mass is 10.0. The number of hydrogen-bond donors (Lipinski definition) is 0. The number of aromatic nitrogens is 2. The molecule has 9 rings (SSSR count). The molecule has 8 aromatic rings. The topological polar surface area (TPSA) is 55.3 Å². The average molecular weight is 586 g/mol. The zero-order valence-electron chi connectivity index (χ0n) is 23.3. The molecular formula is C38H23N3O2S. The third-order valence-corrected chi connectivity index (χ3v) is 9.03. The van der Waals surface area contributed by atoms with E-state index in [1.807, 2.05) is 54.6 Å². The highest BCUT2D eigenvalue weighted by molar-refractivity contribution is 7.99. The van der Waals surface area contributed by atoms with Crippen molar-refractivity contribution < 1.29 is 8.83 Å². The van der Waals surface area contributed by atoms with E-state index in [1.54, 1.807) is 11.8 Å². The second-order valence-electron chi connectivity index (χ2n) is 10.7. The molecule has 0 bridgehead atoms. The molecule has 0 saturated carbocycles. The Bertz CT molecular complexity index is 2130. The molecule has 1 aliphatic heterocycles. The standard InChI is InChI=1S/C38H23N3O2S/c1-2-8-24(9-3-1)25-14-18-28(19-15-25)41-31-20-16-26(37-39-29-10-4-6-12-33(29)42-37)22-35(31)44-36-23-27(17-21-32(36)41)38-40-30-11-5-7-13-34(30)43-38/h1-23H. The van der Waals surface area contributed by atoms with Gasteiger partial charge in [-0.2, -0.15) is 0 Å². The van der Waals surface area contributed by atoms with E-state index in [0.29, 0.717) is 11.8 Å². The molecule has 0 atom stereocenters. The van der Waals surface area contributed by atoms with Crippen molar-refractivity contribution in [3.63, 3.8) is 0 Å². The number of benzene rings is 6. The minimum Gasteiger partial charge on any atom is -0.436 e. The molecule has 0 amide bonds. The smallest absolute Gasteiger partial charge is 0.227 e. The maximum Gasteiger partial charge on any atom is 0.227 e. The number of rotatable bonds is 4. The van der Waals surface area contributed by atoms with Crippen LogP contribution in [0.25, 0.3) is 56.2 Å². The van der Waals surface area contributed by atoms with E-state index in [0.717, 1.165) is 60.2 Å². The lowest BCUT2D eigenvalue weighted by Crippen LogP contribution is -2.15. The van der Waals surface area contributed by atoms with Crippen LogP contribution in [0.15, 0.2) is 158 Å². The fraction of sp³-hybridized carbons (Fsp3) is 0. The Morgan fingerprint density at radius 3 is 1.48 bits per heavy atom. The van der Waals surface area contributed by atoms with Crippen molar-refractivity contribution in [2.75, 3.05) is 4.90 Å². The summed E-state index contributed by atoms with van der Waals surface area (Å²) in [6, 6.07) is 47.8. The van der Waals surface area contributed by atoms with Gasteiger partial charge >= 0.3 is 0 Å². The van der Waals surface area contributed by atoms with E-state index < -0.39 is 0 Å². The first kappa shape index (κ1) is 25.0. The first-order chi connectivity index (χ1) is 21.8. The average Bonchev–Trinajstić information content (AvgIpc) is 3.72. The normalized spacial score (nSPS) is 12.4. The Morgan fingerprint density at radius 2 is 0.932 bits per heavy atom. The first-order valence-electron chi connectivity index (χ1n) is 14.4. The van der Waals surface area contributed by atoms with E-state index >= 15 is 0 Å². The number of nitrogens with zero attached hydrogens (tertiary/aromatic N) is 3. The van der Waals surface area contributed by atoms with E-state index in [4.69, 9.17) is 18.8 Å². The van der Waals surface area contributed by atoms with Gasteiger partial charge < -0.3 is 13.7 Å². The molecule has 6 heteroatoms. The maximum atomic E-state index is 6.13. The summed E-state index contributed by atoms with van der Waals surface area (Å²) in [7, 11) is 0. The fourth-order valence-electron chi connectivity index (χ4n) is 5.78. The summed E-state index contributed by atoms with van der Waals surface area (Å²) in [5.74, 6) is 1.22. The Hall–Kier alpha value is -5.59. The van der Waals surface area contributed by atoms with E-state index in [-0.39, 0.29) is 0 Å². The van der Waals surface area contributed by atoms with Gasteiger partial charge in [-0.1, -0.05) is 78.5 Å². The van der Waals surface area contributed by atoms with Crippen LogP contribution in [0, 0.1) is 0 Å². The van der Waals surface area contributed by atoms with Crippen LogP contribution in [-0.2, 0) is 0 Å². The number of oxazole rings is 2. The second kappa shape index (κ2) is 10.0. The molecule has 44 heavy (non-hydrogen) atoms. The number of fused-ring (bicyclic) bond motifs is 4. The molecule has 3 heterocycles. The lowest BCUT2D eigenvalue weighted by molar-refractivity contribution is 0.619. The van der Waals surface area contributed by atoms with Crippen LogP contribution in [0.3, 0.4) is 0 Å². The van der Waals surface area contributed by atoms with Crippen LogP contribution in [0.2, 0.25) is 0 Å². The van der Waals surface area contributed by atoms with Gasteiger partial charge in [0.2, 0.25) is 11.8 Å². The Kier molecular flexibility index (Phi) is 5.67. The monoisotopic (exact) mass is 585 g/mol. The molecule has 0 aliphatic carbocycles. The van der Waals surface area contributed by atoms with Gasteiger partial charge in [0.1, 0.15) is 11.0 Å². The van der Waals surface area contributed by atoms with Gasteiger partial charge in [-0.15, -0.1) is 0 Å². The highest BCUT2D eigenvalue weighted by Gasteiger charge is 2.27. The zero-order valence-corrected chi connectivity index (χ0v) is 24.2. The molecular weight excluding hydrogens is 563 g/mol. The zero-order chi connectivity index (χ0) is 29.0. The van der Waals surface area contributed by atoms with Crippen LogP contribution < -0.4 is 4.90 Å². The number of anilines is 3. The minimum absolute atomic E-state index is 0.611. The predicted molar refractivity (Wildman–Crippen MR) is 177 cm³/mol. The quantitative estimate of drug-likeness (QED) is 0.205. The van der Waals surface area contributed by atoms with Gasteiger partial charge in [0, 0.05) is 26.6 Å². The molecule has 0 saturated heterocycles. The molecule has 5 nitrogen and oxygen atoms in total. The number of para-hydroxylation sites is 4. The largest absolute Gasteiger partial charge is 0.436 e. The van der Waals surface area contributed by atoms with Crippen molar-refractivity contribution >= 4 is 51.0 Å². The van der Waals surface area contributed by atoms with Crippen LogP contribution in [-0.4, -0.2) is 9.97 Å². The van der Waals surface area contributed by atoms with E-state index in [1.165, 1.54) is 11.1 Å². The summed E-state index contributed by atoms with van der Waals surface area (Å²) >= 11 is 1.73. The number of hydrogen-bond acceptors (Lipinski definition) is 6. The van der Waals surface area contributed by atoms with Crippen molar-refractivity contribution in [2.24, 2.45) is 0 Å². The molecule has 0 spiro atoms. The molecule has 2 aromatic heterocycles. The van der Waals surface area contributed by atoms with Gasteiger partial charge in [-0.05, 0) is 83.9 Å². The third kappa shape index (κ3) is 4.19. The SMILES string of the molecule is c1ccc(-c2ccc(N3c4ccc(-c5nc6ccccc6o5)cc4Sc4cc(-c5nc6ccccc6o5)ccc43)cc2)cc1. The van der Waals surface area contributed by atoms with Crippen molar-refractivity contribution in [2.45, 2.75) is 9.79 Å². The molecule has 0 N–H and O–H groups in total. The molecule has 0 fully saturated rings. The Morgan fingerprint density at radius 1 is 0.455 bits per heavy atom. The lowest BCUT2D eigenvalue weighted by Gasteiger charge is -2.33. The fourth-order valence-corrected chi connectivity index (χ4v) is 6.92. The highest BCUT2D eigenvalue weighted by Crippen LogP contribution is 2.53. The van der Waals surface area contributed by atoms with Gasteiger partial charge in [0.05, 0.1) is 11.4 Å². The summed E-state index contributed by atoms with van der Waals surface area (Å²) in [5, 5.41) is 0. The van der Waals surface area contributed by atoms with Gasteiger partial charge in [0.25, 0.3) is 0 Å². The molecule has 6 aromatic carbocycles. The van der Waals surface area contributed by atoms with Gasteiger partial charge in [-0.25, -0.2) is 9.97 Å². The van der Waals surface area contributed by atoms with Crippen molar-refractivity contribution in [1.29, 1.82) is 0 Å². The molecule has 208 valence electrons. The first-order valence-corrected chi connectivity index (χ1v) is 15.2. The molecule has 0 unspecified atom stereocenters. The van der Waals surface area contributed by atoms with Crippen LogP contribution in [0.4, 0.5) is 17.1 Å². The molecule has 1 aliphatic rings. The van der Waals surface area contributed by atoms with Gasteiger partial charge in [-0.3, -0.25) is 0 Å². The van der Waals surface area contributed by atoms with Crippen LogP contribution in [0.1, 0.15) is 0 Å². The van der Waals surface area contributed by atoms with Crippen LogP contribution >= 0.6 is 11.8 Å². The summed E-state index contributed by atoms with van der Waals surface area (Å²) in [4.78, 5) is 14.1. The van der Waals surface area contributed by atoms with E-state index in [2.05, 4.69) is 89.8 Å². The van der Waals surface area contributed by atoms with E-state index in [9.17, 15) is 0 Å². The van der Waals surface area contributed by atoms with Crippen LogP contribution in [0.5, 0.6) is 0 Å².